The Bertz CT molecular complexity index is 144. The van der Waals surface area contributed by atoms with E-state index in [0.29, 0.717) is 6.42 Å². The van der Waals surface area contributed by atoms with Crippen molar-refractivity contribution in [1.29, 1.82) is 0 Å². The Morgan fingerprint density at radius 2 is 2.10 bits per heavy atom. The van der Waals surface area contributed by atoms with Crippen molar-refractivity contribution < 1.29 is 15.0 Å². The van der Waals surface area contributed by atoms with Crippen LogP contribution in [0.3, 0.4) is 0 Å². The van der Waals surface area contributed by atoms with Gasteiger partial charge < -0.3 is 10.2 Å². The molecule has 3 heteroatoms. The highest BCUT2D eigenvalue weighted by molar-refractivity contribution is 5.82. The van der Waals surface area contributed by atoms with Crippen LogP contribution in [0.2, 0.25) is 0 Å². The molecule has 1 fully saturated rings. The number of carbonyl (C=O) groups is 1. The summed E-state index contributed by atoms with van der Waals surface area (Å²) < 4.78 is 0. The van der Waals surface area contributed by atoms with Crippen molar-refractivity contribution in [1.82, 2.24) is 0 Å². The molecule has 2 N–H and O–H groups in total. The predicted octanol–water partition coefficient (Wildman–Crippen LogP) is -0.293. The van der Waals surface area contributed by atoms with Gasteiger partial charge in [-0.2, -0.15) is 0 Å². The van der Waals surface area contributed by atoms with E-state index in [-0.39, 0.29) is 18.1 Å². The SMILES string of the molecule is CC1C(=O)C[C@H](O)C[C@@H]1O. The van der Waals surface area contributed by atoms with Gasteiger partial charge in [0.1, 0.15) is 5.78 Å². The first kappa shape index (κ1) is 7.69. The summed E-state index contributed by atoms with van der Waals surface area (Å²) in [5, 5.41) is 18.1. The van der Waals surface area contributed by atoms with Crippen molar-refractivity contribution in [3.63, 3.8) is 0 Å². The molecule has 1 aliphatic rings. The Kier molecular flexibility index (Phi) is 2.06. The van der Waals surface area contributed by atoms with Crippen molar-refractivity contribution in [2.45, 2.75) is 32.0 Å². The number of rotatable bonds is 0. The quantitative estimate of drug-likeness (QED) is 0.491. The Morgan fingerprint density at radius 3 is 2.60 bits per heavy atom. The lowest BCUT2D eigenvalue weighted by molar-refractivity contribution is -0.133. The van der Waals surface area contributed by atoms with Gasteiger partial charge in [-0.25, -0.2) is 0 Å². The fourth-order valence-electron chi connectivity index (χ4n) is 1.20. The summed E-state index contributed by atoms with van der Waals surface area (Å²) in [6, 6.07) is 0. The van der Waals surface area contributed by atoms with Crippen LogP contribution in [0.4, 0.5) is 0 Å². The Morgan fingerprint density at radius 1 is 1.50 bits per heavy atom. The summed E-state index contributed by atoms with van der Waals surface area (Å²) in [5.74, 6) is -0.324. The summed E-state index contributed by atoms with van der Waals surface area (Å²) in [4.78, 5) is 10.9. The third-order valence-corrected chi connectivity index (χ3v) is 2.04. The van der Waals surface area contributed by atoms with Gasteiger partial charge in [-0.1, -0.05) is 6.92 Å². The van der Waals surface area contributed by atoms with Crippen molar-refractivity contribution in [2.24, 2.45) is 5.92 Å². The lowest BCUT2D eigenvalue weighted by Gasteiger charge is -2.26. The normalized spacial score (nSPS) is 41.9. The third-order valence-electron chi connectivity index (χ3n) is 2.04. The first-order chi connectivity index (χ1) is 4.61. The molecular weight excluding hydrogens is 132 g/mol. The summed E-state index contributed by atoms with van der Waals surface area (Å²) in [6.45, 7) is 1.69. The molecule has 1 saturated carbocycles. The summed E-state index contributed by atoms with van der Waals surface area (Å²) in [6.07, 6.45) is -0.722. The van der Waals surface area contributed by atoms with E-state index in [1.54, 1.807) is 6.92 Å². The minimum atomic E-state index is -0.642. The summed E-state index contributed by atoms with van der Waals surface area (Å²) in [7, 11) is 0. The second-order valence-electron chi connectivity index (χ2n) is 2.92. The average Bonchev–Trinajstić information content (AvgIpc) is 1.82. The van der Waals surface area contributed by atoms with Crippen molar-refractivity contribution in [3.05, 3.63) is 0 Å². The van der Waals surface area contributed by atoms with Gasteiger partial charge in [-0.15, -0.1) is 0 Å². The van der Waals surface area contributed by atoms with Gasteiger partial charge >= 0.3 is 0 Å². The van der Waals surface area contributed by atoms with Gasteiger partial charge in [-0.05, 0) is 0 Å². The van der Waals surface area contributed by atoms with Gasteiger partial charge in [0, 0.05) is 18.8 Å². The van der Waals surface area contributed by atoms with E-state index < -0.39 is 12.2 Å². The molecule has 0 aromatic heterocycles. The maximum Gasteiger partial charge on any atom is 0.140 e. The van der Waals surface area contributed by atoms with Crippen LogP contribution in [0.1, 0.15) is 19.8 Å². The van der Waals surface area contributed by atoms with E-state index in [1.165, 1.54) is 0 Å². The van der Waals surface area contributed by atoms with Gasteiger partial charge in [0.25, 0.3) is 0 Å². The van der Waals surface area contributed by atoms with Gasteiger partial charge in [0.2, 0.25) is 0 Å². The molecule has 0 radical (unpaired) electrons. The van der Waals surface area contributed by atoms with Gasteiger partial charge in [-0.3, -0.25) is 4.79 Å². The van der Waals surface area contributed by atoms with Crippen LogP contribution >= 0.6 is 0 Å². The zero-order valence-corrected chi connectivity index (χ0v) is 5.95. The van der Waals surface area contributed by atoms with E-state index in [9.17, 15) is 4.79 Å². The van der Waals surface area contributed by atoms with E-state index in [2.05, 4.69) is 0 Å². The smallest absolute Gasteiger partial charge is 0.140 e. The predicted molar refractivity (Wildman–Crippen MR) is 35.4 cm³/mol. The van der Waals surface area contributed by atoms with Crippen LogP contribution in [0.5, 0.6) is 0 Å². The molecule has 1 aliphatic carbocycles. The Balaban J connectivity index is 2.57. The van der Waals surface area contributed by atoms with Crippen molar-refractivity contribution >= 4 is 5.78 Å². The fraction of sp³-hybridized carbons (Fsp3) is 0.857. The maximum absolute atomic E-state index is 10.9. The number of aliphatic hydroxyl groups is 2. The van der Waals surface area contributed by atoms with Gasteiger partial charge in [0.15, 0.2) is 0 Å². The molecule has 0 amide bonds. The van der Waals surface area contributed by atoms with Crippen LogP contribution in [0.25, 0.3) is 0 Å². The molecule has 1 unspecified atom stereocenters. The molecule has 10 heavy (non-hydrogen) atoms. The number of ketones is 1. The summed E-state index contributed by atoms with van der Waals surface area (Å²) in [5.41, 5.74) is 0. The molecule has 0 saturated heterocycles. The number of carbonyl (C=O) groups excluding carboxylic acids is 1. The van der Waals surface area contributed by atoms with Crippen LogP contribution in [-0.2, 0) is 4.79 Å². The number of hydrogen-bond acceptors (Lipinski definition) is 3. The van der Waals surface area contributed by atoms with Crippen molar-refractivity contribution in [2.75, 3.05) is 0 Å². The first-order valence-corrected chi connectivity index (χ1v) is 3.50. The minimum Gasteiger partial charge on any atom is -0.393 e. The highest BCUT2D eigenvalue weighted by atomic mass is 16.3. The third kappa shape index (κ3) is 1.36. The van der Waals surface area contributed by atoms with E-state index >= 15 is 0 Å². The van der Waals surface area contributed by atoms with Crippen molar-refractivity contribution in [3.8, 4) is 0 Å². The first-order valence-electron chi connectivity index (χ1n) is 3.50. The molecule has 58 valence electrons. The molecule has 0 aromatic carbocycles. The molecule has 1 rings (SSSR count). The molecular formula is C7H12O3. The molecule has 0 spiro atoms. The second-order valence-corrected chi connectivity index (χ2v) is 2.92. The Labute approximate surface area is 59.7 Å². The fourth-order valence-corrected chi connectivity index (χ4v) is 1.20. The number of hydrogen-bond donors (Lipinski definition) is 2. The lowest BCUT2D eigenvalue weighted by atomic mass is 9.85. The van der Waals surface area contributed by atoms with Gasteiger partial charge in [0.05, 0.1) is 12.2 Å². The molecule has 3 nitrogen and oxygen atoms in total. The van der Waals surface area contributed by atoms with E-state index in [1.807, 2.05) is 0 Å². The molecule has 0 bridgehead atoms. The largest absolute Gasteiger partial charge is 0.393 e. The maximum atomic E-state index is 10.9. The standard InChI is InChI=1S/C7H12O3/c1-4-6(9)2-5(8)3-7(4)10/h4-6,8-9H,2-3H2,1H3/t4?,5-,6+/m1/s1. The highest BCUT2D eigenvalue weighted by Crippen LogP contribution is 2.20. The molecule has 0 aliphatic heterocycles. The van der Waals surface area contributed by atoms with E-state index in [4.69, 9.17) is 10.2 Å². The Hall–Kier alpha value is -0.410. The van der Waals surface area contributed by atoms with Crippen LogP contribution in [0, 0.1) is 5.92 Å². The number of Topliss-reactive ketones (excluding diaryl/α,β-unsaturated/α-hetero) is 1. The zero-order valence-electron chi connectivity index (χ0n) is 5.95. The average molecular weight is 144 g/mol. The molecule has 3 atom stereocenters. The highest BCUT2D eigenvalue weighted by Gasteiger charge is 2.31. The molecule has 0 aromatic rings. The lowest BCUT2D eigenvalue weighted by Crippen LogP contribution is -2.37. The van der Waals surface area contributed by atoms with Crippen LogP contribution in [0.15, 0.2) is 0 Å². The molecule has 0 heterocycles. The van der Waals surface area contributed by atoms with Crippen LogP contribution < -0.4 is 0 Å². The van der Waals surface area contributed by atoms with Crippen LogP contribution in [-0.4, -0.2) is 28.2 Å². The second kappa shape index (κ2) is 2.68. The topological polar surface area (TPSA) is 57.5 Å². The van der Waals surface area contributed by atoms with E-state index in [0.717, 1.165) is 0 Å². The monoisotopic (exact) mass is 144 g/mol. The minimum absolute atomic E-state index is 0.0359. The zero-order chi connectivity index (χ0) is 7.72. The number of aliphatic hydroxyl groups excluding tert-OH is 2. The summed E-state index contributed by atoms with van der Waals surface area (Å²) >= 11 is 0.